The highest BCUT2D eigenvalue weighted by Crippen LogP contribution is 2.34. The van der Waals surface area contributed by atoms with Crippen LogP contribution in [0.2, 0.25) is 0 Å². The Balaban J connectivity index is 1.76. The first-order chi connectivity index (χ1) is 17.2. The van der Waals surface area contributed by atoms with Gasteiger partial charge in [-0.2, -0.15) is 5.26 Å². The molecule has 4 nitrogen and oxygen atoms in total. The lowest BCUT2D eigenvalue weighted by Crippen LogP contribution is -2.29. The molecule has 0 aliphatic heterocycles. The summed E-state index contributed by atoms with van der Waals surface area (Å²) in [6.07, 6.45) is 1.58. The fourth-order valence-corrected chi connectivity index (χ4v) is 5.05. The predicted molar refractivity (Wildman–Crippen MR) is 144 cm³/mol. The third-order valence-electron chi connectivity index (χ3n) is 6.58. The van der Waals surface area contributed by atoms with Crippen molar-refractivity contribution < 1.29 is 0 Å². The van der Waals surface area contributed by atoms with E-state index in [0.717, 1.165) is 47.5 Å². The number of alkyl halides is 1. The summed E-state index contributed by atoms with van der Waals surface area (Å²) in [6, 6.07) is 31.6. The summed E-state index contributed by atoms with van der Waals surface area (Å²) in [6.45, 7) is 3.60. The molecule has 3 aromatic carbocycles. The highest BCUT2D eigenvalue weighted by Gasteiger charge is 2.24. The summed E-state index contributed by atoms with van der Waals surface area (Å²) in [5.41, 5.74) is 7.81. The number of hydrogen-bond acceptors (Lipinski definition) is 3. The minimum absolute atomic E-state index is 0.481. The molecule has 0 fully saturated rings. The lowest BCUT2D eigenvalue weighted by atomic mass is 10.0. The molecular formula is C30H27ClN4. The molecule has 2 aromatic heterocycles. The number of halogens is 1. The van der Waals surface area contributed by atoms with Crippen LogP contribution in [0.15, 0.2) is 84.9 Å². The van der Waals surface area contributed by atoms with Gasteiger partial charge in [-0.25, -0.2) is 4.98 Å². The van der Waals surface area contributed by atoms with Gasteiger partial charge in [-0.1, -0.05) is 72.8 Å². The number of hydrogen-bond donors (Lipinski definition) is 0. The number of pyridine rings is 1. The van der Waals surface area contributed by atoms with Crippen molar-refractivity contribution in [3.05, 3.63) is 113 Å². The van der Waals surface area contributed by atoms with Crippen LogP contribution in [0.1, 0.15) is 27.8 Å². The van der Waals surface area contributed by atoms with E-state index in [0.29, 0.717) is 23.5 Å². The van der Waals surface area contributed by atoms with Crippen molar-refractivity contribution in [2.75, 3.05) is 17.3 Å². The number of nitriles is 1. The van der Waals surface area contributed by atoms with Crippen LogP contribution in [0.5, 0.6) is 0 Å². The summed E-state index contributed by atoms with van der Waals surface area (Å²) in [5.74, 6) is 1.56. The van der Waals surface area contributed by atoms with Gasteiger partial charge in [0.2, 0.25) is 0 Å². The highest BCUT2D eigenvalue weighted by atomic mass is 35.5. The zero-order valence-electron chi connectivity index (χ0n) is 19.8. The average Bonchev–Trinajstić information content (AvgIpc) is 3.27. The van der Waals surface area contributed by atoms with E-state index in [1.54, 1.807) is 0 Å². The van der Waals surface area contributed by atoms with Crippen molar-refractivity contribution in [3.63, 3.8) is 0 Å². The van der Waals surface area contributed by atoms with Gasteiger partial charge in [0.1, 0.15) is 11.9 Å². The second kappa shape index (κ2) is 10.2. The van der Waals surface area contributed by atoms with E-state index in [2.05, 4.69) is 76.0 Å². The zero-order chi connectivity index (χ0) is 24.2. The van der Waals surface area contributed by atoms with E-state index in [-0.39, 0.29) is 0 Å². The third-order valence-corrected chi connectivity index (χ3v) is 6.77. The van der Waals surface area contributed by atoms with Crippen LogP contribution < -0.4 is 4.90 Å². The first-order valence-corrected chi connectivity index (χ1v) is 12.5. The largest absolute Gasteiger partial charge is 0.353 e. The van der Waals surface area contributed by atoms with Gasteiger partial charge >= 0.3 is 0 Å². The minimum Gasteiger partial charge on any atom is -0.353 e. The Kier molecular flexibility index (Phi) is 6.70. The van der Waals surface area contributed by atoms with Crippen molar-refractivity contribution in [1.29, 1.82) is 5.26 Å². The van der Waals surface area contributed by atoms with Crippen molar-refractivity contribution in [3.8, 4) is 6.07 Å². The van der Waals surface area contributed by atoms with Gasteiger partial charge in [0, 0.05) is 19.0 Å². The summed E-state index contributed by atoms with van der Waals surface area (Å²) >= 11 is 6.33. The third kappa shape index (κ3) is 4.48. The second-order valence-corrected chi connectivity index (χ2v) is 9.13. The number of imidazole rings is 1. The number of benzene rings is 3. The van der Waals surface area contributed by atoms with Gasteiger partial charge in [-0.15, -0.1) is 11.6 Å². The molecule has 0 spiro atoms. The van der Waals surface area contributed by atoms with Gasteiger partial charge in [0.05, 0.1) is 16.6 Å². The molecule has 2 heterocycles. The van der Waals surface area contributed by atoms with E-state index in [4.69, 9.17) is 16.6 Å². The van der Waals surface area contributed by atoms with Crippen molar-refractivity contribution in [2.45, 2.75) is 26.3 Å². The van der Waals surface area contributed by atoms with E-state index in [1.165, 1.54) is 11.1 Å². The number of anilines is 1. The quantitative estimate of drug-likeness (QED) is 0.233. The second-order valence-electron chi connectivity index (χ2n) is 8.76. The number of aromatic nitrogens is 2. The first-order valence-electron chi connectivity index (χ1n) is 11.9. The maximum absolute atomic E-state index is 10.1. The maximum Gasteiger partial charge on any atom is 0.157 e. The fraction of sp³-hybridized carbons (Fsp3) is 0.200. The van der Waals surface area contributed by atoms with Gasteiger partial charge in [-0.05, 0) is 54.2 Å². The molecule has 0 saturated heterocycles. The molecule has 0 aliphatic carbocycles. The Labute approximate surface area is 211 Å². The van der Waals surface area contributed by atoms with Crippen LogP contribution in [0.4, 0.5) is 5.82 Å². The number of fused-ring (bicyclic) bond motifs is 3. The molecule has 0 N–H and O–H groups in total. The molecule has 5 aromatic rings. The standard InChI is InChI=1S/C30H27ClN4/c1-22-25(16-18-31)30(35-28-15-9-8-14-27(28)33-29(35)26(22)20-32)34(21-24-12-6-3-7-13-24)19-17-23-10-4-2-5-11-23/h2-15H,16-19,21H2,1H3. The molecule has 174 valence electrons. The number of rotatable bonds is 8. The summed E-state index contributed by atoms with van der Waals surface area (Å²) in [7, 11) is 0. The molecule has 0 aliphatic rings. The molecule has 0 unspecified atom stereocenters. The molecule has 0 amide bonds. The minimum atomic E-state index is 0.481. The Bertz CT molecular complexity index is 1500. The molecule has 5 heteroatoms. The molecule has 0 bridgehead atoms. The van der Waals surface area contributed by atoms with E-state index >= 15 is 0 Å². The molecule has 0 saturated carbocycles. The monoisotopic (exact) mass is 478 g/mol. The zero-order valence-corrected chi connectivity index (χ0v) is 20.5. The maximum atomic E-state index is 10.1. The average molecular weight is 479 g/mol. The summed E-state index contributed by atoms with van der Waals surface area (Å²) in [4.78, 5) is 7.33. The molecular weight excluding hydrogens is 452 g/mol. The lowest BCUT2D eigenvalue weighted by molar-refractivity contribution is 0.755. The summed E-state index contributed by atoms with van der Waals surface area (Å²) < 4.78 is 2.18. The van der Waals surface area contributed by atoms with Crippen LogP contribution in [0.3, 0.4) is 0 Å². The normalized spacial score (nSPS) is 11.1. The highest BCUT2D eigenvalue weighted by molar-refractivity contribution is 6.18. The van der Waals surface area contributed by atoms with Crippen molar-refractivity contribution in [1.82, 2.24) is 9.38 Å². The van der Waals surface area contributed by atoms with Gasteiger partial charge in [0.15, 0.2) is 5.65 Å². The lowest BCUT2D eigenvalue weighted by Gasteiger charge is -2.30. The summed E-state index contributed by atoms with van der Waals surface area (Å²) in [5, 5.41) is 10.1. The molecule has 0 radical (unpaired) electrons. The Morgan fingerprint density at radius 3 is 2.23 bits per heavy atom. The van der Waals surface area contributed by atoms with Crippen molar-refractivity contribution >= 4 is 34.1 Å². The molecule has 5 rings (SSSR count). The van der Waals surface area contributed by atoms with Crippen LogP contribution in [-0.4, -0.2) is 21.8 Å². The Hall–Kier alpha value is -3.81. The smallest absolute Gasteiger partial charge is 0.157 e. The topological polar surface area (TPSA) is 44.3 Å². The van der Waals surface area contributed by atoms with Crippen LogP contribution in [0, 0.1) is 18.3 Å². The van der Waals surface area contributed by atoms with Gasteiger partial charge in [-0.3, -0.25) is 4.40 Å². The molecule has 35 heavy (non-hydrogen) atoms. The van der Waals surface area contributed by atoms with Gasteiger partial charge < -0.3 is 4.90 Å². The SMILES string of the molecule is Cc1c(CCCl)c(N(CCc2ccccc2)Cc2ccccc2)n2c(nc3ccccc32)c1C#N. The number of nitrogens with zero attached hydrogens (tertiary/aromatic N) is 4. The van der Waals surface area contributed by atoms with Crippen molar-refractivity contribution in [2.24, 2.45) is 0 Å². The fourth-order valence-electron chi connectivity index (χ4n) is 4.86. The van der Waals surface area contributed by atoms with Gasteiger partial charge in [0.25, 0.3) is 0 Å². The number of para-hydroxylation sites is 2. The Morgan fingerprint density at radius 2 is 1.54 bits per heavy atom. The molecule has 0 atom stereocenters. The van der Waals surface area contributed by atoms with Crippen LogP contribution in [0.25, 0.3) is 16.7 Å². The first kappa shape index (κ1) is 23.0. The predicted octanol–water partition coefficient (Wildman–Crippen LogP) is 6.70. The van der Waals surface area contributed by atoms with E-state index in [9.17, 15) is 5.26 Å². The van der Waals surface area contributed by atoms with E-state index < -0.39 is 0 Å². The Morgan fingerprint density at radius 1 is 0.886 bits per heavy atom. The van der Waals surface area contributed by atoms with Crippen LogP contribution >= 0.6 is 11.6 Å². The van der Waals surface area contributed by atoms with Crippen LogP contribution in [-0.2, 0) is 19.4 Å². The van der Waals surface area contributed by atoms with E-state index in [1.807, 2.05) is 31.2 Å².